The Bertz CT molecular complexity index is 691. The Hall–Kier alpha value is -2.14. The molecule has 0 bridgehead atoms. The van der Waals surface area contributed by atoms with Crippen LogP contribution in [-0.2, 0) is 24.8 Å². The van der Waals surface area contributed by atoms with Gasteiger partial charge in [0.05, 0.1) is 12.0 Å². The monoisotopic (exact) mass is 326 g/mol. The van der Waals surface area contributed by atoms with Gasteiger partial charge in [0.15, 0.2) is 0 Å². The first-order chi connectivity index (χ1) is 11.7. The van der Waals surface area contributed by atoms with E-state index in [1.165, 1.54) is 5.69 Å². The van der Waals surface area contributed by atoms with Crippen LogP contribution in [-0.4, -0.2) is 44.9 Å². The van der Waals surface area contributed by atoms with Crippen molar-refractivity contribution in [2.24, 2.45) is 7.05 Å². The lowest BCUT2D eigenvalue weighted by atomic mass is 10.0. The zero-order chi connectivity index (χ0) is 17.1. The first-order valence-corrected chi connectivity index (χ1v) is 8.72. The van der Waals surface area contributed by atoms with Gasteiger partial charge in [-0.1, -0.05) is 30.3 Å². The summed E-state index contributed by atoms with van der Waals surface area (Å²) < 4.78 is 2.09. The molecule has 2 heterocycles. The summed E-state index contributed by atoms with van der Waals surface area (Å²) in [5.74, 6) is 0.186. The van der Waals surface area contributed by atoms with Gasteiger partial charge >= 0.3 is 0 Å². The summed E-state index contributed by atoms with van der Waals surface area (Å²) in [5, 5.41) is 0. The minimum absolute atomic E-state index is 0.186. The second kappa shape index (κ2) is 7.18. The first-order valence-electron chi connectivity index (χ1n) is 8.72. The van der Waals surface area contributed by atoms with Crippen molar-refractivity contribution in [1.29, 1.82) is 0 Å². The van der Waals surface area contributed by atoms with Crippen LogP contribution in [0.1, 0.15) is 36.8 Å². The summed E-state index contributed by atoms with van der Waals surface area (Å²) in [5.41, 5.74) is 3.44. The van der Waals surface area contributed by atoms with E-state index in [9.17, 15) is 4.79 Å². The highest BCUT2D eigenvalue weighted by Gasteiger charge is 2.33. The predicted molar refractivity (Wildman–Crippen MR) is 94.4 cm³/mol. The number of imidazole rings is 1. The highest BCUT2D eigenvalue weighted by Crippen LogP contribution is 2.28. The van der Waals surface area contributed by atoms with Gasteiger partial charge in [-0.05, 0) is 19.4 Å². The number of hydrogen-bond donors (Lipinski definition) is 0. The molecule has 5 heteroatoms. The summed E-state index contributed by atoms with van der Waals surface area (Å²) in [7, 11) is 2.04. The number of benzene rings is 1. The van der Waals surface area contributed by atoms with Crippen molar-refractivity contribution in [1.82, 2.24) is 19.4 Å². The van der Waals surface area contributed by atoms with Crippen LogP contribution in [0, 0.1) is 0 Å². The van der Waals surface area contributed by atoms with Crippen LogP contribution in [0.2, 0.25) is 0 Å². The van der Waals surface area contributed by atoms with Gasteiger partial charge in [0.25, 0.3) is 0 Å². The number of likely N-dealkylation sites (N-methyl/N-ethyl adjacent to an activating group) is 1. The molecule has 0 fully saturated rings. The summed E-state index contributed by atoms with van der Waals surface area (Å²) in [6.45, 7) is 7.15. The van der Waals surface area contributed by atoms with Gasteiger partial charge in [-0.3, -0.25) is 9.69 Å². The SMILES string of the molecule is CCN(CC)C(=O)[C@@H](c1ccccc1)N1CCc2c(ncn2C)C1. The third kappa shape index (κ3) is 3.08. The lowest BCUT2D eigenvalue weighted by molar-refractivity contribution is -0.137. The molecule has 1 aromatic heterocycles. The normalized spacial score (nSPS) is 15.8. The number of fused-ring (bicyclic) bond motifs is 1. The molecule has 0 saturated heterocycles. The standard InChI is InChI=1S/C19H26N4O/c1-4-22(5-2)19(24)18(15-9-7-6-8-10-15)23-12-11-17-16(13-23)20-14-21(17)3/h6-10,14,18H,4-5,11-13H2,1-3H3/t18-/m1/s1. The van der Waals surface area contributed by atoms with Crippen molar-refractivity contribution in [2.75, 3.05) is 19.6 Å². The highest BCUT2D eigenvalue weighted by molar-refractivity contribution is 5.83. The fourth-order valence-corrected chi connectivity index (χ4v) is 3.55. The molecule has 0 saturated carbocycles. The molecule has 0 N–H and O–H groups in total. The maximum atomic E-state index is 13.2. The van der Waals surface area contributed by atoms with Crippen LogP contribution < -0.4 is 0 Å². The molecule has 2 aromatic rings. The van der Waals surface area contributed by atoms with Crippen molar-refractivity contribution in [3.8, 4) is 0 Å². The largest absolute Gasteiger partial charge is 0.342 e. The molecule has 1 amide bonds. The van der Waals surface area contributed by atoms with E-state index in [0.29, 0.717) is 0 Å². The van der Waals surface area contributed by atoms with Crippen LogP contribution in [0.15, 0.2) is 36.7 Å². The number of carbonyl (C=O) groups excluding carboxylic acids is 1. The fraction of sp³-hybridized carbons (Fsp3) is 0.474. The van der Waals surface area contributed by atoms with Crippen molar-refractivity contribution in [3.63, 3.8) is 0 Å². The number of rotatable bonds is 5. The quantitative estimate of drug-likeness (QED) is 0.847. The summed E-state index contributed by atoms with van der Waals surface area (Å²) in [6.07, 6.45) is 2.80. The van der Waals surface area contributed by atoms with Crippen molar-refractivity contribution < 1.29 is 4.79 Å². The van der Waals surface area contributed by atoms with Gasteiger partial charge in [-0.25, -0.2) is 4.98 Å². The third-order valence-corrected chi connectivity index (χ3v) is 4.92. The number of carbonyl (C=O) groups is 1. The minimum Gasteiger partial charge on any atom is -0.342 e. The van der Waals surface area contributed by atoms with E-state index in [-0.39, 0.29) is 11.9 Å². The third-order valence-electron chi connectivity index (χ3n) is 4.92. The molecule has 24 heavy (non-hydrogen) atoms. The Balaban J connectivity index is 1.92. The molecule has 0 spiro atoms. The molecule has 1 aliphatic rings. The van der Waals surface area contributed by atoms with E-state index in [1.807, 2.05) is 50.3 Å². The Kier molecular flexibility index (Phi) is 5.00. The van der Waals surface area contributed by atoms with E-state index in [1.54, 1.807) is 0 Å². The average Bonchev–Trinajstić information content (AvgIpc) is 2.98. The zero-order valence-corrected chi connectivity index (χ0v) is 14.8. The number of aromatic nitrogens is 2. The second-order valence-electron chi connectivity index (χ2n) is 6.29. The molecular formula is C19H26N4O. The zero-order valence-electron chi connectivity index (χ0n) is 14.8. The van der Waals surface area contributed by atoms with Crippen molar-refractivity contribution >= 4 is 5.91 Å². The minimum atomic E-state index is -0.235. The predicted octanol–water partition coefficient (Wildman–Crippen LogP) is 2.39. The fourth-order valence-electron chi connectivity index (χ4n) is 3.55. The van der Waals surface area contributed by atoms with E-state index in [0.717, 1.165) is 43.9 Å². The number of nitrogens with zero attached hydrogens (tertiary/aromatic N) is 4. The van der Waals surface area contributed by atoms with Crippen LogP contribution in [0.25, 0.3) is 0 Å². The Morgan fingerprint density at radius 1 is 1.25 bits per heavy atom. The first kappa shape index (κ1) is 16.7. The van der Waals surface area contributed by atoms with Gasteiger partial charge in [-0.15, -0.1) is 0 Å². The smallest absolute Gasteiger partial charge is 0.244 e. The second-order valence-corrected chi connectivity index (χ2v) is 6.29. The number of amides is 1. The Labute approximate surface area is 143 Å². The van der Waals surface area contributed by atoms with Gasteiger partial charge in [0.2, 0.25) is 5.91 Å². The van der Waals surface area contributed by atoms with Gasteiger partial charge < -0.3 is 9.47 Å². The molecule has 1 aliphatic heterocycles. The molecular weight excluding hydrogens is 300 g/mol. The lowest BCUT2D eigenvalue weighted by Gasteiger charge is -2.36. The molecule has 0 radical (unpaired) electrons. The summed E-state index contributed by atoms with van der Waals surface area (Å²) >= 11 is 0. The highest BCUT2D eigenvalue weighted by atomic mass is 16.2. The molecule has 128 valence electrons. The molecule has 0 aliphatic carbocycles. The van der Waals surface area contributed by atoms with E-state index < -0.39 is 0 Å². The van der Waals surface area contributed by atoms with Crippen LogP contribution in [0.3, 0.4) is 0 Å². The molecule has 0 unspecified atom stereocenters. The molecule has 1 aromatic carbocycles. The number of hydrogen-bond acceptors (Lipinski definition) is 3. The maximum absolute atomic E-state index is 13.2. The van der Waals surface area contributed by atoms with E-state index in [4.69, 9.17) is 0 Å². The van der Waals surface area contributed by atoms with E-state index >= 15 is 0 Å². The van der Waals surface area contributed by atoms with Gasteiger partial charge in [-0.2, -0.15) is 0 Å². The summed E-state index contributed by atoms with van der Waals surface area (Å²) in [6, 6.07) is 9.89. The van der Waals surface area contributed by atoms with Crippen LogP contribution in [0.4, 0.5) is 0 Å². The van der Waals surface area contributed by atoms with Gasteiger partial charge in [0, 0.05) is 45.3 Å². The topological polar surface area (TPSA) is 41.4 Å². The number of aryl methyl sites for hydroxylation is 1. The van der Waals surface area contributed by atoms with Crippen LogP contribution in [0.5, 0.6) is 0 Å². The molecule has 1 atom stereocenters. The molecule has 3 rings (SSSR count). The summed E-state index contributed by atoms with van der Waals surface area (Å²) in [4.78, 5) is 21.9. The van der Waals surface area contributed by atoms with Gasteiger partial charge in [0.1, 0.15) is 6.04 Å². The van der Waals surface area contributed by atoms with E-state index in [2.05, 4.69) is 26.6 Å². The Morgan fingerprint density at radius 3 is 2.62 bits per heavy atom. The molecule has 5 nitrogen and oxygen atoms in total. The Morgan fingerprint density at radius 2 is 1.96 bits per heavy atom. The lowest BCUT2D eigenvalue weighted by Crippen LogP contribution is -2.45. The maximum Gasteiger partial charge on any atom is 0.244 e. The van der Waals surface area contributed by atoms with Crippen molar-refractivity contribution in [2.45, 2.75) is 32.9 Å². The van der Waals surface area contributed by atoms with Crippen LogP contribution >= 0.6 is 0 Å². The van der Waals surface area contributed by atoms with Crippen molar-refractivity contribution in [3.05, 3.63) is 53.6 Å². The average molecular weight is 326 g/mol.